The molecule has 2 aromatic heterocycles. The highest BCUT2D eigenvalue weighted by atomic mass is 79.9. The van der Waals surface area contributed by atoms with Crippen molar-refractivity contribution in [3.63, 3.8) is 0 Å². The van der Waals surface area contributed by atoms with Gasteiger partial charge in [0.05, 0.1) is 17.8 Å². The number of aromatic nitrogens is 2. The van der Waals surface area contributed by atoms with Crippen LogP contribution in [0.15, 0.2) is 39.0 Å². The Kier molecular flexibility index (Phi) is 4.58. The van der Waals surface area contributed by atoms with Gasteiger partial charge in [0, 0.05) is 34.4 Å². The van der Waals surface area contributed by atoms with Gasteiger partial charge < -0.3 is 4.57 Å². The molecule has 4 rings (SSSR count). The molecule has 0 spiro atoms. The average Bonchev–Trinajstić information content (AvgIpc) is 3.36. The standard InChI is InChI=1S/C19H15BrN4O2S/c1-11(25)24(15-3-4-15)19-22-14(10-27-19)9-23-8-12(7-21)18(26)16-6-13(20)2-5-17(16)23/h2,5-6,8,10,15H,3-4,9H2,1H3. The van der Waals surface area contributed by atoms with Gasteiger partial charge in [0.15, 0.2) is 5.13 Å². The van der Waals surface area contributed by atoms with Crippen molar-refractivity contribution in [2.45, 2.75) is 32.4 Å². The molecule has 1 aromatic carbocycles. The summed E-state index contributed by atoms with van der Waals surface area (Å²) in [6.45, 7) is 1.98. The van der Waals surface area contributed by atoms with Crippen LogP contribution in [0.3, 0.4) is 0 Å². The van der Waals surface area contributed by atoms with Gasteiger partial charge in [0.2, 0.25) is 11.3 Å². The summed E-state index contributed by atoms with van der Waals surface area (Å²) in [5.41, 5.74) is 1.35. The Hall–Kier alpha value is -2.50. The first-order valence-corrected chi connectivity index (χ1v) is 10.1. The largest absolute Gasteiger partial charge is 0.340 e. The van der Waals surface area contributed by atoms with Crippen molar-refractivity contribution >= 4 is 49.2 Å². The van der Waals surface area contributed by atoms with Crippen molar-refractivity contribution < 1.29 is 4.79 Å². The van der Waals surface area contributed by atoms with E-state index < -0.39 is 0 Å². The Bertz CT molecular complexity index is 1160. The van der Waals surface area contributed by atoms with Crippen molar-refractivity contribution in [3.05, 3.63) is 55.7 Å². The second kappa shape index (κ2) is 6.91. The maximum atomic E-state index is 12.5. The van der Waals surface area contributed by atoms with E-state index in [0.29, 0.717) is 17.1 Å². The predicted molar refractivity (Wildman–Crippen MR) is 108 cm³/mol. The molecule has 1 fully saturated rings. The number of pyridine rings is 1. The second-order valence-corrected chi connectivity index (χ2v) is 8.27. The van der Waals surface area contributed by atoms with Gasteiger partial charge in [0.1, 0.15) is 11.6 Å². The lowest BCUT2D eigenvalue weighted by Crippen LogP contribution is -2.30. The molecule has 1 saturated carbocycles. The van der Waals surface area contributed by atoms with Gasteiger partial charge in [-0.05, 0) is 31.0 Å². The second-order valence-electron chi connectivity index (χ2n) is 6.51. The summed E-state index contributed by atoms with van der Waals surface area (Å²) in [4.78, 5) is 30.8. The number of anilines is 1. The fourth-order valence-electron chi connectivity index (χ4n) is 3.11. The van der Waals surface area contributed by atoms with E-state index in [4.69, 9.17) is 0 Å². The normalized spacial score (nSPS) is 13.5. The van der Waals surface area contributed by atoms with E-state index in [1.54, 1.807) is 24.1 Å². The quantitative estimate of drug-likeness (QED) is 0.617. The summed E-state index contributed by atoms with van der Waals surface area (Å²) >= 11 is 4.82. The van der Waals surface area contributed by atoms with Crippen LogP contribution in [-0.2, 0) is 11.3 Å². The maximum absolute atomic E-state index is 12.5. The van der Waals surface area contributed by atoms with E-state index in [1.165, 1.54) is 11.3 Å². The van der Waals surface area contributed by atoms with Gasteiger partial charge >= 0.3 is 0 Å². The molecule has 6 nitrogen and oxygen atoms in total. The number of fused-ring (bicyclic) bond motifs is 1. The van der Waals surface area contributed by atoms with Gasteiger partial charge in [-0.15, -0.1) is 11.3 Å². The summed E-state index contributed by atoms with van der Waals surface area (Å²) in [7, 11) is 0. The van der Waals surface area contributed by atoms with Crippen LogP contribution in [0.4, 0.5) is 5.13 Å². The van der Waals surface area contributed by atoms with E-state index in [-0.39, 0.29) is 22.9 Å². The van der Waals surface area contributed by atoms with Crippen LogP contribution in [0, 0.1) is 11.3 Å². The number of hydrogen-bond acceptors (Lipinski definition) is 5. The highest BCUT2D eigenvalue weighted by Crippen LogP contribution is 2.33. The number of benzene rings is 1. The Morgan fingerprint density at radius 2 is 2.26 bits per heavy atom. The highest BCUT2D eigenvalue weighted by Gasteiger charge is 2.33. The molecule has 1 aliphatic rings. The number of hydrogen-bond donors (Lipinski definition) is 0. The molecular weight excluding hydrogens is 428 g/mol. The van der Waals surface area contributed by atoms with Crippen LogP contribution in [0.2, 0.25) is 0 Å². The lowest BCUT2D eigenvalue weighted by atomic mass is 10.1. The Balaban J connectivity index is 1.74. The van der Waals surface area contributed by atoms with Gasteiger partial charge in [0.25, 0.3) is 0 Å². The maximum Gasteiger partial charge on any atom is 0.225 e. The topological polar surface area (TPSA) is 79.0 Å². The molecule has 0 bridgehead atoms. The zero-order chi connectivity index (χ0) is 19.1. The van der Waals surface area contributed by atoms with Crippen LogP contribution in [0.1, 0.15) is 31.0 Å². The molecule has 0 aliphatic heterocycles. The molecule has 136 valence electrons. The van der Waals surface area contributed by atoms with Crippen molar-refractivity contribution in [1.82, 2.24) is 9.55 Å². The van der Waals surface area contributed by atoms with E-state index in [0.717, 1.165) is 28.5 Å². The first-order chi connectivity index (χ1) is 13.0. The van der Waals surface area contributed by atoms with Crippen LogP contribution < -0.4 is 10.3 Å². The first kappa shape index (κ1) is 17.9. The minimum atomic E-state index is -0.277. The zero-order valence-electron chi connectivity index (χ0n) is 14.5. The number of nitriles is 1. The third-order valence-electron chi connectivity index (χ3n) is 4.49. The van der Waals surface area contributed by atoms with Crippen LogP contribution in [0.25, 0.3) is 10.9 Å². The number of rotatable bonds is 4. The third kappa shape index (κ3) is 3.40. The van der Waals surface area contributed by atoms with Crippen LogP contribution in [0.5, 0.6) is 0 Å². The molecule has 0 atom stereocenters. The van der Waals surface area contributed by atoms with Crippen molar-refractivity contribution in [2.75, 3.05) is 4.90 Å². The minimum absolute atomic E-state index is 0.00354. The van der Waals surface area contributed by atoms with Crippen molar-refractivity contribution in [3.8, 4) is 6.07 Å². The molecule has 0 saturated heterocycles. The third-order valence-corrected chi connectivity index (χ3v) is 5.87. The number of carbonyl (C=O) groups excluding carboxylic acids is 1. The number of halogens is 1. The highest BCUT2D eigenvalue weighted by molar-refractivity contribution is 9.10. The number of amides is 1. The smallest absolute Gasteiger partial charge is 0.225 e. The van der Waals surface area contributed by atoms with Gasteiger partial charge in [-0.2, -0.15) is 5.26 Å². The van der Waals surface area contributed by atoms with Gasteiger partial charge in [-0.3, -0.25) is 14.5 Å². The fourth-order valence-corrected chi connectivity index (χ4v) is 4.41. The summed E-state index contributed by atoms with van der Waals surface area (Å²) in [6.07, 6.45) is 3.60. The summed E-state index contributed by atoms with van der Waals surface area (Å²) in [6, 6.07) is 7.68. The van der Waals surface area contributed by atoms with Crippen LogP contribution >= 0.6 is 27.3 Å². The molecule has 0 unspecified atom stereocenters. The molecule has 1 amide bonds. The number of carbonyl (C=O) groups is 1. The monoisotopic (exact) mass is 442 g/mol. The van der Waals surface area contributed by atoms with Crippen molar-refractivity contribution in [1.29, 1.82) is 5.26 Å². The summed E-state index contributed by atoms with van der Waals surface area (Å²) in [5, 5.41) is 12.4. The van der Waals surface area contributed by atoms with E-state index in [9.17, 15) is 14.9 Å². The molecule has 0 N–H and O–H groups in total. The van der Waals surface area contributed by atoms with Crippen LogP contribution in [-0.4, -0.2) is 21.5 Å². The lowest BCUT2D eigenvalue weighted by molar-refractivity contribution is -0.116. The minimum Gasteiger partial charge on any atom is -0.340 e. The molecule has 1 aliphatic carbocycles. The van der Waals surface area contributed by atoms with Crippen molar-refractivity contribution in [2.24, 2.45) is 0 Å². The van der Waals surface area contributed by atoms with Gasteiger partial charge in [-0.25, -0.2) is 4.98 Å². The SMILES string of the molecule is CC(=O)N(c1nc(Cn2cc(C#N)c(=O)c3cc(Br)ccc32)cs1)C1CC1. The van der Waals surface area contributed by atoms with Gasteiger partial charge in [-0.1, -0.05) is 15.9 Å². The molecule has 2 heterocycles. The lowest BCUT2D eigenvalue weighted by Gasteiger charge is -2.16. The zero-order valence-corrected chi connectivity index (χ0v) is 16.9. The van der Waals surface area contributed by atoms with E-state index >= 15 is 0 Å². The molecule has 27 heavy (non-hydrogen) atoms. The first-order valence-electron chi connectivity index (χ1n) is 8.45. The Labute approximate surface area is 167 Å². The molecule has 8 heteroatoms. The Morgan fingerprint density at radius 1 is 1.48 bits per heavy atom. The molecule has 3 aromatic rings. The fraction of sp³-hybridized carbons (Fsp3) is 0.263. The van der Waals surface area contributed by atoms with E-state index in [1.807, 2.05) is 28.1 Å². The average molecular weight is 443 g/mol. The van der Waals surface area contributed by atoms with E-state index in [2.05, 4.69) is 20.9 Å². The molecular formula is C19H15BrN4O2S. The predicted octanol–water partition coefficient (Wildman–Crippen LogP) is 3.66. The number of nitrogens with zero attached hydrogens (tertiary/aromatic N) is 4. The Morgan fingerprint density at radius 3 is 2.93 bits per heavy atom. The summed E-state index contributed by atoms with van der Waals surface area (Å²) < 4.78 is 2.64. The number of thiazole rings is 1. The summed E-state index contributed by atoms with van der Waals surface area (Å²) in [5.74, 6) is 0.00354. The molecule has 0 radical (unpaired) electrons.